The fourth-order valence-electron chi connectivity index (χ4n) is 4.52. The van der Waals surface area contributed by atoms with Gasteiger partial charge in [-0.05, 0) is 42.7 Å². The number of fused-ring (bicyclic) bond motifs is 7. The van der Waals surface area contributed by atoms with Crippen LogP contribution in [0.4, 0.5) is 0 Å². The molecule has 0 unspecified atom stereocenters. The Balaban J connectivity index is 1.73. The zero-order chi connectivity index (χ0) is 19.6. The molecule has 1 N–H and O–H groups in total. The highest BCUT2D eigenvalue weighted by molar-refractivity contribution is 6.54. The number of aliphatic hydroxyl groups is 1. The molecule has 1 aromatic heterocycles. The Kier molecular flexibility index (Phi) is 3.79. The van der Waals surface area contributed by atoms with Crippen LogP contribution in [0.2, 0.25) is 0 Å². The van der Waals surface area contributed by atoms with E-state index >= 15 is 0 Å². The molecule has 0 fully saturated rings. The van der Waals surface area contributed by atoms with E-state index in [1.807, 2.05) is 44.2 Å². The number of hydrogen-bond donors (Lipinski definition) is 1. The second-order valence-electron chi connectivity index (χ2n) is 7.78. The predicted molar refractivity (Wildman–Crippen MR) is 106 cm³/mol. The lowest BCUT2D eigenvalue weighted by atomic mass is 9.82. The van der Waals surface area contributed by atoms with Gasteiger partial charge in [-0.2, -0.15) is 0 Å². The molecule has 5 heteroatoms. The quantitative estimate of drug-likeness (QED) is 0.694. The minimum Gasteiger partial charge on any atom is -0.459 e. The monoisotopic (exact) mass is 375 g/mol. The van der Waals surface area contributed by atoms with Gasteiger partial charge in [-0.3, -0.25) is 14.5 Å². The number of furan rings is 1. The van der Waals surface area contributed by atoms with Gasteiger partial charge in [-0.15, -0.1) is 0 Å². The van der Waals surface area contributed by atoms with Crippen molar-refractivity contribution < 1.29 is 19.1 Å². The number of carbonyl (C=O) groups excluding carboxylic acids is 2. The summed E-state index contributed by atoms with van der Waals surface area (Å²) in [5.41, 5.74) is 3.51. The third kappa shape index (κ3) is 2.26. The second-order valence-corrected chi connectivity index (χ2v) is 7.78. The molecule has 1 aliphatic carbocycles. The molecular weight excluding hydrogens is 354 g/mol. The number of ketones is 2. The van der Waals surface area contributed by atoms with Crippen LogP contribution >= 0.6 is 0 Å². The summed E-state index contributed by atoms with van der Waals surface area (Å²) in [4.78, 5) is 28.3. The second kappa shape index (κ2) is 6.12. The highest BCUT2D eigenvalue weighted by atomic mass is 16.3. The highest BCUT2D eigenvalue weighted by Crippen LogP contribution is 2.43. The fraction of sp³-hybridized carbons (Fsp3) is 0.304. The molecule has 5 nitrogen and oxygen atoms in total. The number of carbonyl (C=O) groups is 2. The number of rotatable bonds is 2. The van der Waals surface area contributed by atoms with E-state index in [0.717, 1.165) is 34.2 Å². The minimum atomic E-state index is -0.467. The molecule has 0 spiro atoms. The van der Waals surface area contributed by atoms with Crippen LogP contribution in [0, 0.1) is 6.92 Å². The fourth-order valence-corrected chi connectivity index (χ4v) is 4.52. The van der Waals surface area contributed by atoms with Gasteiger partial charge >= 0.3 is 0 Å². The number of aryl methyl sites for hydroxylation is 1. The normalized spacial score (nSPS) is 17.4. The van der Waals surface area contributed by atoms with E-state index < -0.39 is 11.6 Å². The van der Waals surface area contributed by atoms with E-state index in [9.17, 15) is 14.7 Å². The number of aliphatic hydroxyl groups excluding tert-OH is 1. The zero-order valence-corrected chi connectivity index (χ0v) is 15.9. The van der Waals surface area contributed by atoms with E-state index in [4.69, 9.17) is 4.42 Å². The summed E-state index contributed by atoms with van der Waals surface area (Å²) in [5, 5.41) is 11.2. The van der Waals surface area contributed by atoms with Crippen molar-refractivity contribution in [2.45, 2.75) is 32.9 Å². The molecule has 0 saturated carbocycles. The van der Waals surface area contributed by atoms with E-state index in [-0.39, 0.29) is 12.6 Å². The summed E-state index contributed by atoms with van der Waals surface area (Å²) in [6.45, 7) is 5.30. The Morgan fingerprint density at radius 1 is 1.11 bits per heavy atom. The van der Waals surface area contributed by atoms with Crippen LogP contribution in [-0.4, -0.2) is 40.8 Å². The molecule has 1 aliphatic heterocycles. The molecule has 0 radical (unpaired) electrons. The Morgan fingerprint density at radius 3 is 2.68 bits per heavy atom. The number of benzene rings is 2. The lowest BCUT2D eigenvalue weighted by Gasteiger charge is -2.30. The van der Waals surface area contributed by atoms with Gasteiger partial charge in [0.15, 0.2) is 0 Å². The van der Waals surface area contributed by atoms with Gasteiger partial charge in [-0.1, -0.05) is 24.3 Å². The molecular formula is C23H21NO4. The highest BCUT2D eigenvalue weighted by Gasteiger charge is 2.39. The van der Waals surface area contributed by atoms with E-state index in [1.165, 1.54) is 0 Å². The molecule has 1 atom stereocenters. The average molecular weight is 375 g/mol. The molecule has 142 valence electrons. The van der Waals surface area contributed by atoms with Crippen molar-refractivity contribution in [2.24, 2.45) is 0 Å². The van der Waals surface area contributed by atoms with Crippen LogP contribution in [0.25, 0.3) is 22.1 Å². The van der Waals surface area contributed by atoms with Crippen molar-refractivity contribution in [3.63, 3.8) is 0 Å². The summed E-state index contributed by atoms with van der Waals surface area (Å²) < 4.78 is 6.18. The van der Waals surface area contributed by atoms with Crippen LogP contribution in [0.15, 0.2) is 34.7 Å². The summed E-state index contributed by atoms with van der Waals surface area (Å²) in [6.07, 6.45) is 0.638. The van der Waals surface area contributed by atoms with E-state index in [2.05, 4.69) is 4.90 Å². The molecule has 3 aromatic rings. The van der Waals surface area contributed by atoms with E-state index in [0.29, 0.717) is 35.4 Å². The van der Waals surface area contributed by atoms with E-state index in [1.54, 1.807) is 0 Å². The van der Waals surface area contributed by atoms with Crippen LogP contribution in [-0.2, 0) is 13.0 Å². The van der Waals surface area contributed by atoms with Crippen molar-refractivity contribution >= 4 is 22.3 Å². The van der Waals surface area contributed by atoms with Crippen LogP contribution in [0.3, 0.4) is 0 Å². The van der Waals surface area contributed by atoms with Gasteiger partial charge in [0, 0.05) is 29.3 Å². The molecule has 2 aliphatic rings. The third-order valence-corrected chi connectivity index (χ3v) is 6.16. The molecule has 5 rings (SSSR count). The Labute approximate surface area is 162 Å². The summed E-state index contributed by atoms with van der Waals surface area (Å²) in [7, 11) is 0. The van der Waals surface area contributed by atoms with Crippen molar-refractivity contribution in [3.8, 4) is 11.3 Å². The molecule has 0 bridgehead atoms. The van der Waals surface area contributed by atoms with Crippen molar-refractivity contribution in [3.05, 3.63) is 58.3 Å². The van der Waals surface area contributed by atoms with Crippen LogP contribution < -0.4 is 0 Å². The Hall–Kier alpha value is -2.76. The average Bonchev–Trinajstić information content (AvgIpc) is 3.10. The zero-order valence-electron chi connectivity index (χ0n) is 15.9. The maximum atomic E-state index is 13.1. The SMILES string of the molecule is Cc1cccc2c3c(ccc12)-c1oc2c(c1C(=O)C3=O)CCN([C@@H](C)CO)C2. The summed E-state index contributed by atoms with van der Waals surface area (Å²) in [6, 6.07) is 9.72. The molecule has 28 heavy (non-hydrogen) atoms. The first kappa shape index (κ1) is 17.3. The first-order chi connectivity index (χ1) is 13.5. The van der Waals surface area contributed by atoms with Crippen LogP contribution in [0.5, 0.6) is 0 Å². The Bertz CT molecular complexity index is 1160. The van der Waals surface area contributed by atoms with Crippen molar-refractivity contribution in [1.29, 1.82) is 0 Å². The maximum absolute atomic E-state index is 13.1. The standard InChI is InChI=1S/C23H21NO4/c1-12-4-3-5-15-14(12)6-7-17-19(15)21(26)22(27)20-16-8-9-24(13(2)11-25)10-18(16)28-23(17)20/h3-7,13,25H,8-11H2,1-2H3/t13-/m0/s1. The lowest BCUT2D eigenvalue weighted by Crippen LogP contribution is -2.39. The minimum absolute atomic E-state index is 0.0202. The molecule has 0 amide bonds. The Morgan fingerprint density at radius 2 is 1.89 bits per heavy atom. The van der Waals surface area contributed by atoms with Gasteiger partial charge in [0.1, 0.15) is 11.5 Å². The molecule has 0 saturated heterocycles. The number of nitrogens with zero attached hydrogens (tertiary/aromatic N) is 1. The van der Waals surface area contributed by atoms with Gasteiger partial charge in [-0.25, -0.2) is 0 Å². The molecule has 2 aromatic carbocycles. The van der Waals surface area contributed by atoms with Gasteiger partial charge in [0.2, 0.25) is 11.6 Å². The summed E-state index contributed by atoms with van der Waals surface area (Å²) in [5.74, 6) is 0.333. The summed E-state index contributed by atoms with van der Waals surface area (Å²) >= 11 is 0. The van der Waals surface area contributed by atoms with Gasteiger partial charge in [0.05, 0.1) is 18.7 Å². The van der Waals surface area contributed by atoms with Crippen molar-refractivity contribution in [2.75, 3.05) is 13.2 Å². The largest absolute Gasteiger partial charge is 0.459 e. The third-order valence-electron chi connectivity index (χ3n) is 6.16. The molecule has 2 heterocycles. The van der Waals surface area contributed by atoms with Crippen molar-refractivity contribution in [1.82, 2.24) is 4.90 Å². The lowest BCUT2D eigenvalue weighted by molar-refractivity contribution is 0.0814. The first-order valence-electron chi connectivity index (χ1n) is 9.62. The topological polar surface area (TPSA) is 70.8 Å². The van der Waals surface area contributed by atoms with Gasteiger partial charge in [0.25, 0.3) is 0 Å². The first-order valence-corrected chi connectivity index (χ1v) is 9.62. The number of hydrogen-bond acceptors (Lipinski definition) is 5. The maximum Gasteiger partial charge on any atom is 0.237 e. The smallest absolute Gasteiger partial charge is 0.237 e. The van der Waals surface area contributed by atoms with Crippen LogP contribution in [0.1, 0.15) is 44.5 Å². The predicted octanol–water partition coefficient (Wildman–Crippen LogP) is 3.53. The number of Topliss-reactive ketones (excluding diaryl/α,β-unsaturated/α-hetero) is 2. The van der Waals surface area contributed by atoms with Gasteiger partial charge < -0.3 is 9.52 Å².